The van der Waals surface area contributed by atoms with Crippen LogP contribution >= 0.6 is 23.2 Å². The monoisotopic (exact) mass is 286 g/mol. The molecule has 1 aliphatic carbocycles. The van der Waals surface area contributed by atoms with Crippen LogP contribution in [0.4, 0.5) is 0 Å². The van der Waals surface area contributed by atoms with Gasteiger partial charge in [-0.3, -0.25) is 4.79 Å². The molecule has 1 amide bonds. The van der Waals surface area contributed by atoms with Gasteiger partial charge in [-0.05, 0) is 37.0 Å². The zero-order chi connectivity index (χ0) is 13.2. The molecular weight excluding hydrogens is 271 g/mol. The van der Waals surface area contributed by atoms with Gasteiger partial charge in [-0.1, -0.05) is 29.3 Å². The van der Waals surface area contributed by atoms with Gasteiger partial charge < -0.3 is 11.1 Å². The van der Waals surface area contributed by atoms with E-state index in [2.05, 4.69) is 5.32 Å². The lowest BCUT2D eigenvalue weighted by molar-refractivity contribution is -0.125. The maximum Gasteiger partial charge on any atom is 0.227 e. The zero-order valence-electron chi connectivity index (χ0n) is 10.0. The molecule has 3 nitrogen and oxygen atoms in total. The van der Waals surface area contributed by atoms with Crippen molar-refractivity contribution in [1.82, 2.24) is 5.32 Å². The average Bonchev–Trinajstić information content (AvgIpc) is 3.12. The predicted octanol–water partition coefficient (Wildman–Crippen LogP) is 2.39. The fourth-order valence-corrected chi connectivity index (χ4v) is 2.40. The van der Waals surface area contributed by atoms with Crippen LogP contribution in [0.25, 0.3) is 0 Å². The molecule has 0 atom stereocenters. The van der Waals surface area contributed by atoms with E-state index in [1.807, 2.05) is 6.07 Å². The van der Waals surface area contributed by atoms with Gasteiger partial charge in [0.05, 0.1) is 5.41 Å². The highest BCUT2D eigenvalue weighted by molar-refractivity contribution is 6.35. The van der Waals surface area contributed by atoms with E-state index < -0.39 is 0 Å². The number of nitrogens with two attached hydrogens (primary N) is 1. The quantitative estimate of drug-likeness (QED) is 0.873. The summed E-state index contributed by atoms with van der Waals surface area (Å²) >= 11 is 11.9. The summed E-state index contributed by atoms with van der Waals surface area (Å²) in [7, 11) is 0. The number of carbonyl (C=O) groups excluding carboxylic acids is 1. The Balaban J connectivity index is 1.83. The molecule has 5 heteroatoms. The van der Waals surface area contributed by atoms with Crippen molar-refractivity contribution in [3.05, 3.63) is 33.8 Å². The Morgan fingerprint density at radius 1 is 1.39 bits per heavy atom. The van der Waals surface area contributed by atoms with Crippen molar-refractivity contribution in [1.29, 1.82) is 0 Å². The van der Waals surface area contributed by atoms with E-state index in [-0.39, 0.29) is 11.3 Å². The first kappa shape index (κ1) is 13.7. The Hall–Kier alpha value is -0.770. The van der Waals surface area contributed by atoms with E-state index >= 15 is 0 Å². The molecule has 1 aromatic carbocycles. The van der Waals surface area contributed by atoms with E-state index in [0.717, 1.165) is 18.4 Å². The number of carbonyl (C=O) groups is 1. The number of nitrogens with one attached hydrogen (secondary N) is 1. The first-order valence-corrected chi connectivity index (χ1v) is 6.75. The fraction of sp³-hybridized carbons (Fsp3) is 0.462. The Morgan fingerprint density at radius 3 is 2.67 bits per heavy atom. The van der Waals surface area contributed by atoms with Crippen LogP contribution < -0.4 is 11.1 Å². The molecule has 1 fully saturated rings. The van der Waals surface area contributed by atoms with Gasteiger partial charge in [0.2, 0.25) is 5.91 Å². The Morgan fingerprint density at radius 2 is 2.11 bits per heavy atom. The molecule has 0 aliphatic heterocycles. The van der Waals surface area contributed by atoms with Crippen LogP contribution in [0, 0.1) is 5.41 Å². The van der Waals surface area contributed by atoms with Gasteiger partial charge in [0, 0.05) is 23.1 Å². The largest absolute Gasteiger partial charge is 0.355 e. The normalized spacial score (nSPS) is 16.4. The molecule has 3 N–H and O–H groups in total. The van der Waals surface area contributed by atoms with E-state index in [0.29, 0.717) is 29.6 Å². The lowest BCUT2D eigenvalue weighted by Crippen LogP contribution is -2.37. The van der Waals surface area contributed by atoms with Crippen LogP contribution in [0.2, 0.25) is 10.0 Å². The second-order valence-electron chi connectivity index (χ2n) is 4.73. The van der Waals surface area contributed by atoms with E-state index in [4.69, 9.17) is 28.9 Å². The first-order valence-electron chi connectivity index (χ1n) is 6.00. The zero-order valence-corrected chi connectivity index (χ0v) is 11.5. The van der Waals surface area contributed by atoms with Crippen LogP contribution in [0.1, 0.15) is 18.4 Å². The van der Waals surface area contributed by atoms with Gasteiger partial charge in [0.1, 0.15) is 0 Å². The van der Waals surface area contributed by atoms with Gasteiger partial charge in [-0.15, -0.1) is 0 Å². The lowest BCUT2D eigenvalue weighted by atomic mass is 10.1. The summed E-state index contributed by atoms with van der Waals surface area (Å²) in [5.74, 6) is 0.0649. The number of hydrogen-bond donors (Lipinski definition) is 2. The summed E-state index contributed by atoms with van der Waals surface area (Å²) in [5, 5.41) is 4.17. The van der Waals surface area contributed by atoms with E-state index in [1.54, 1.807) is 12.1 Å². The smallest absolute Gasteiger partial charge is 0.227 e. The number of rotatable bonds is 5. The maximum absolute atomic E-state index is 11.8. The minimum absolute atomic E-state index is 0.0649. The average molecular weight is 287 g/mol. The molecule has 0 aromatic heterocycles. The van der Waals surface area contributed by atoms with Gasteiger partial charge in [-0.25, -0.2) is 0 Å². The van der Waals surface area contributed by atoms with Crippen molar-refractivity contribution in [2.75, 3.05) is 13.1 Å². The second-order valence-corrected chi connectivity index (χ2v) is 5.57. The van der Waals surface area contributed by atoms with Crippen molar-refractivity contribution in [2.45, 2.75) is 19.3 Å². The lowest BCUT2D eigenvalue weighted by Gasteiger charge is -2.13. The molecule has 0 saturated heterocycles. The third-order valence-corrected chi connectivity index (χ3v) is 4.01. The molecule has 0 unspecified atom stereocenters. The number of benzene rings is 1. The van der Waals surface area contributed by atoms with Crippen LogP contribution in [-0.2, 0) is 11.2 Å². The summed E-state index contributed by atoms with van der Waals surface area (Å²) in [6.07, 6.45) is 2.50. The summed E-state index contributed by atoms with van der Waals surface area (Å²) in [6.45, 7) is 1.00. The van der Waals surface area contributed by atoms with E-state index in [9.17, 15) is 4.79 Å². The van der Waals surface area contributed by atoms with Gasteiger partial charge in [0.25, 0.3) is 0 Å². The second kappa shape index (κ2) is 5.47. The molecule has 2 rings (SSSR count). The third kappa shape index (κ3) is 2.97. The van der Waals surface area contributed by atoms with Gasteiger partial charge in [0.15, 0.2) is 0 Å². The molecule has 1 saturated carbocycles. The molecule has 0 radical (unpaired) electrons. The van der Waals surface area contributed by atoms with Crippen molar-refractivity contribution < 1.29 is 4.79 Å². The minimum atomic E-state index is -0.288. The summed E-state index contributed by atoms with van der Waals surface area (Å²) < 4.78 is 0. The molecule has 18 heavy (non-hydrogen) atoms. The Labute approximate surface area is 117 Å². The van der Waals surface area contributed by atoms with Gasteiger partial charge >= 0.3 is 0 Å². The SMILES string of the molecule is NCC1(C(=O)NCCc2ccc(Cl)cc2Cl)CC1. The molecule has 1 aliphatic rings. The molecular formula is C13H16Cl2N2O. The Bertz CT molecular complexity index is 458. The fourth-order valence-electron chi connectivity index (χ4n) is 1.90. The number of amides is 1. The highest BCUT2D eigenvalue weighted by Gasteiger charge is 2.48. The molecule has 1 aromatic rings. The van der Waals surface area contributed by atoms with Crippen molar-refractivity contribution in [2.24, 2.45) is 11.1 Å². The minimum Gasteiger partial charge on any atom is -0.355 e. The molecule has 0 spiro atoms. The van der Waals surface area contributed by atoms with Crippen molar-refractivity contribution >= 4 is 29.1 Å². The Kier molecular flexibility index (Phi) is 4.15. The molecule has 0 heterocycles. The highest BCUT2D eigenvalue weighted by atomic mass is 35.5. The number of halogens is 2. The summed E-state index contributed by atoms with van der Waals surface area (Å²) in [6, 6.07) is 5.39. The molecule has 0 bridgehead atoms. The van der Waals surface area contributed by atoms with Crippen molar-refractivity contribution in [3.63, 3.8) is 0 Å². The first-order chi connectivity index (χ1) is 8.57. The predicted molar refractivity (Wildman–Crippen MR) is 73.9 cm³/mol. The van der Waals surface area contributed by atoms with E-state index in [1.165, 1.54) is 0 Å². The maximum atomic E-state index is 11.8. The topological polar surface area (TPSA) is 55.1 Å². The highest BCUT2D eigenvalue weighted by Crippen LogP contribution is 2.44. The van der Waals surface area contributed by atoms with Gasteiger partial charge in [-0.2, -0.15) is 0 Å². The number of hydrogen-bond acceptors (Lipinski definition) is 2. The van der Waals surface area contributed by atoms with Crippen LogP contribution in [0.15, 0.2) is 18.2 Å². The molecule has 98 valence electrons. The van der Waals surface area contributed by atoms with Crippen LogP contribution in [-0.4, -0.2) is 19.0 Å². The van der Waals surface area contributed by atoms with Crippen LogP contribution in [0.3, 0.4) is 0 Å². The summed E-state index contributed by atoms with van der Waals surface area (Å²) in [5.41, 5.74) is 6.29. The van der Waals surface area contributed by atoms with Crippen molar-refractivity contribution in [3.8, 4) is 0 Å². The standard InChI is InChI=1S/C13H16Cl2N2O/c14-10-2-1-9(11(15)7-10)3-6-17-12(18)13(8-16)4-5-13/h1-2,7H,3-6,8,16H2,(H,17,18). The third-order valence-electron chi connectivity index (χ3n) is 3.42. The summed E-state index contributed by atoms with van der Waals surface area (Å²) in [4.78, 5) is 11.8. The van der Waals surface area contributed by atoms with Crippen LogP contribution in [0.5, 0.6) is 0 Å².